The molecule has 1 aliphatic rings. The van der Waals surface area contributed by atoms with E-state index in [1.165, 1.54) is 11.3 Å². The Morgan fingerprint density at radius 3 is 3.09 bits per heavy atom. The topological polar surface area (TPSA) is 45.8 Å². The lowest BCUT2D eigenvalue weighted by atomic mass is 10.4. The highest BCUT2D eigenvalue weighted by Crippen LogP contribution is 2.17. The minimum Gasteiger partial charge on any atom is -0.447 e. The zero-order valence-corrected chi connectivity index (χ0v) is 5.73. The molecule has 0 saturated heterocycles. The van der Waals surface area contributed by atoms with Crippen molar-refractivity contribution in [3.05, 3.63) is 18.4 Å². The highest BCUT2D eigenvalue weighted by molar-refractivity contribution is 6.04. The normalized spacial score (nSPS) is 16.4. The molecule has 2 rings (SSSR count). The monoisotopic (exact) mass is 150 g/mol. The Hall–Kier alpha value is -1.58. The molecule has 4 nitrogen and oxygen atoms in total. The number of carbonyl (C=O) groups is 1. The second-order valence-corrected chi connectivity index (χ2v) is 2.16. The van der Waals surface area contributed by atoms with Gasteiger partial charge in [-0.1, -0.05) is 0 Å². The highest BCUT2D eigenvalue weighted by Gasteiger charge is 2.20. The van der Waals surface area contributed by atoms with Crippen molar-refractivity contribution in [2.45, 2.75) is 6.42 Å². The molecule has 0 radical (unpaired) electrons. The Labute approximate surface area is 63.1 Å². The van der Waals surface area contributed by atoms with E-state index in [1.54, 1.807) is 18.3 Å². The third kappa shape index (κ3) is 0.920. The van der Waals surface area contributed by atoms with Gasteiger partial charge in [0.2, 0.25) is 5.88 Å². The van der Waals surface area contributed by atoms with Crippen molar-refractivity contribution in [3.8, 4) is 0 Å². The van der Waals surface area contributed by atoms with Gasteiger partial charge in [0.25, 0.3) is 5.91 Å². The van der Waals surface area contributed by atoms with Crippen LogP contribution in [-0.2, 0) is 4.79 Å². The third-order valence-electron chi connectivity index (χ3n) is 1.41. The van der Waals surface area contributed by atoms with Crippen LogP contribution in [-0.4, -0.2) is 12.1 Å². The standard InChI is InChI=1S/C7H6N2O2/c10-6-3-4-8-9(6)7-2-1-5-11-7/h1-2,4-5H,3H2. The smallest absolute Gasteiger partial charge is 0.255 e. The molecule has 0 saturated carbocycles. The van der Waals surface area contributed by atoms with Gasteiger partial charge in [0.05, 0.1) is 12.7 Å². The Balaban J connectivity index is 2.30. The van der Waals surface area contributed by atoms with Crippen molar-refractivity contribution in [1.82, 2.24) is 0 Å². The number of hydrazone groups is 1. The van der Waals surface area contributed by atoms with Crippen LogP contribution in [0.1, 0.15) is 6.42 Å². The van der Waals surface area contributed by atoms with E-state index in [1.807, 2.05) is 0 Å². The fraction of sp³-hybridized carbons (Fsp3) is 0.143. The number of nitrogens with zero attached hydrogens (tertiary/aromatic N) is 2. The Morgan fingerprint density at radius 1 is 1.64 bits per heavy atom. The van der Waals surface area contributed by atoms with Gasteiger partial charge in [-0.05, 0) is 6.07 Å². The predicted molar refractivity (Wildman–Crippen MR) is 39.3 cm³/mol. The van der Waals surface area contributed by atoms with Gasteiger partial charge < -0.3 is 4.42 Å². The van der Waals surface area contributed by atoms with E-state index in [-0.39, 0.29) is 5.91 Å². The van der Waals surface area contributed by atoms with Crippen molar-refractivity contribution in [2.24, 2.45) is 5.10 Å². The number of anilines is 1. The molecule has 4 heteroatoms. The number of furan rings is 1. The molecule has 0 spiro atoms. The molecule has 0 unspecified atom stereocenters. The first-order chi connectivity index (χ1) is 5.38. The van der Waals surface area contributed by atoms with Crippen LogP contribution in [0.3, 0.4) is 0 Å². The summed E-state index contributed by atoms with van der Waals surface area (Å²) in [5, 5.41) is 5.07. The van der Waals surface area contributed by atoms with Gasteiger partial charge in [0.15, 0.2) is 0 Å². The lowest BCUT2D eigenvalue weighted by Crippen LogP contribution is -2.18. The minimum atomic E-state index is -0.0556. The van der Waals surface area contributed by atoms with Gasteiger partial charge in [-0.3, -0.25) is 4.79 Å². The molecule has 0 aliphatic carbocycles. The van der Waals surface area contributed by atoms with E-state index < -0.39 is 0 Å². The van der Waals surface area contributed by atoms with Crippen LogP contribution in [0.15, 0.2) is 27.9 Å². The molecule has 56 valence electrons. The van der Waals surface area contributed by atoms with Crippen LogP contribution in [0.2, 0.25) is 0 Å². The second-order valence-electron chi connectivity index (χ2n) is 2.16. The molecule has 11 heavy (non-hydrogen) atoms. The number of carbonyl (C=O) groups excluding carboxylic acids is 1. The van der Waals surface area contributed by atoms with E-state index in [4.69, 9.17) is 4.42 Å². The fourth-order valence-corrected chi connectivity index (χ4v) is 0.922. The average molecular weight is 150 g/mol. The zero-order chi connectivity index (χ0) is 7.68. The molecule has 1 amide bonds. The molecule has 1 aromatic heterocycles. The highest BCUT2D eigenvalue weighted by atomic mass is 16.4. The van der Waals surface area contributed by atoms with Gasteiger partial charge in [-0.25, -0.2) is 0 Å². The number of hydrogen-bond acceptors (Lipinski definition) is 3. The summed E-state index contributed by atoms with van der Waals surface area (Å²) in [5.74, 6) is 0.420. The van der Waals surface area contributed by atoms with Crippen LogP contribution in [0.4, 0.5) is 5.88 Å². The molecule has 0 bridgehead atoms. The summed E-state index contributed by atoms with van der Waals surface area (Å²) in [6.07, 6.45) is 3.43. The SMILES string of the molecule is O=C1CC=NN1c1ccco1. The average Bonchev–Trinajstić information content (AvgIpc) is 2.55. The fourth-order valence-electron chi connectivity index (χ4n) is 0.922. The zero-order valence-electron chi connectivity index (χ0n) is 5.73. The third-order valence-corrected chi connectivity index (χ3v) is 1.41. The molecular formula is C7H6N2O2. The van der Waals surface area contributed by atoms with Crippen LogP contribution in [0.5, 0.6) is 0 Å². The summed E-state index contributed by atoms with van der Waals surface area (Å²) in [7, 11) is 0. The quantitative estimate of drug-likeness (QED) is 0.599. The van der Waals surface area contributed by atoms with E-state index in [0.717, 1.165) is 0 Å². The van der Waals surface area contributed by atoms with Gasteiger partial charge in [-0.2, -0.15) is 10.1 Å². The van der Waals surface area contributed by atoms with Crippen molar-refractivity contribution in [1.29, 1.82) is 0 Å². The second kappa shape index (κ2) is 2.23. The summed E-state index contributed by atoms with van der Waals surface area (Å²) < 4.78 is 4.98. The first kappa shape index (κ1) is 6.15. The Kier molecular flexibility index (Phi) is 1.25. The molecule has 0 aromatic carbocycles. The van der Waals surface area contributed by atoms with Gasteiger partial charge in [0.1, 0.15) is 0 Å². The maximum absolute atomic E-state index is 11.0. The van der Waals surface area contributed by atoms with E-state index in [2.05, 4.69) is 5.10 Å². The van der Waals surface area contributed by atoms with Crippen LogP contribution >= 0.6 is 0 Å². The summed E-state index contributed by atoms with van der Waals surface area (Å²) in [6, 6.07) is 3.41. The molecule has 0 N–H and O–H groups in total. The molecule has 0 atom stereocenters. The van der Waals surface area contributed by atoms with Gasteiger partial charge in [0, 0.05) is 12.3 Å². The maximum Gasteiger partial charge on any atom is 0.255 e. The molecular weight excluding hydrogens is 144 g/mol. The summed E-state index contributed by atoms with van der Waals surface area (Å²) in [6.45, 7) is 0. The van der Waals surface area contributed by atoms with E-state index in [9.17, 15) is 4.79 Å². The molecule has 1 aromatic rings. The van der Waals surface area contributed by atoms with Gasteiger partial charge in [-0.15, -0.1) is 0 Å². The summed E-state index contributed by atoms with van der Waals surface area (Å²) in [4.78, 5) is 11.0. The molecule has 1 aliphatic heterocycles. The lowest BCUT2D eigenvalue weighted by molar-refractivity contribution is -0.117. The molecule has 2 heterocycles. The minimum absolute atomic E-state index is 0.0556. The maximum atomic E-state index is 11.0. The largest absolute Gasteiger partial charge is 0.447 e. The summed E-state index contributed by atoms with van der Waals surface area (Å²) in [5.41, 5.74) is 0. The number of amides is 1. The van der Waals surface area contributed by atoms with Crippen LogP contribution < -0.4 is 5.01 Å². The van der Waals surface area contributed by atoms with E-state index in [0.29, 0.717) is 12.3 Å². The lowest BCUT2D eigenvalue weighted by Gasteiger charge is -2.05. The predicted octanol–water partition coefficient (Wildman–Crippen LogP) is 1.00. The molecule has 0 fully saturated rings. The van der Waals surface area contributed by atoms with Crippen LogP contribution in [0, 0.1) is 0 Å². The van der Waals surface area contributed by atoms with Crippen molar-refractivity contribution in [3.63, 3.8) is 0 Å². The van der Waals surface area contributed by atoms with E-state index >= 15 is 0 Å². The first-order valence-electron chi connectivity index (χ1n) is 3.27. The number of hydrogen-bond donors (Lipinski definition) is 0. The Bertz CT molecular complexity index is 289. The van der Waals surface area contributed by atoms with Crippen LogP contribution in [0.25, 0.3) is 0 Å². The first-order valence-corrected chi connectivity index (χ1v) is 3.27. The van der Waals surface area contributed by atoms with Gasteiger partial charge >= 0.3 is 0 Å². The number of rotatable bonds is 1. The van der Waals surface area contributed by atoms with Crippen molar-refractivity contribution < 1.29 is 9.21 Å². The Morgan fingerprint density at radius 2 is 2.55 bits per heavy atom. The van der Waals surface area contributed by atoms with Crippen molar-refractivity contribution >= 4 is 18.0 Å². The summed E-state index contributed by atoms with van der Waals surface area (Å²) >= 11 is 0. The van der Waals surface area contributed by atoms with Crippen molar-refractivity contribution in [2.75, 3.05) is 5.01 Å².